The van der Waals surface area contributed by atoms with E-state index in [0.29, 0.717) is 12.4 Å². The first-order chi connectivity index (χ1) is 14.1. The molecule has 0 spiro atoms. The van der Waals surface area contributed by atoms with Crippen molar-refractivity contribution in [3.63, 3.8) is 0 Å². The first kappa shape index (κ1) is 24.1. The number of ether oxygens (including phenoxy) is 1. The monoisotopic (exact) mass is 416 g/mol. The van der Waals surface area contributed by atoms with E-state index in [1.807, 2.05) is 26.2 Å². The molecule has 1 saturated carbocycles. The van der Waals surface area contributed by atoms with Crippen molar-refractivity contribution in [3.05, 3.63) is 18.3 Å². The highest BCUT2D eigenvalue weighted by atomic mass is 16.5. The van der Waals surface area contributed by atoms with Crippen LogP contribution in [0.15, 0.2) is 23.3 Å². The Hall–Kier alpha value is -2.15. The maximum Gasteiger partial charge on any atom is 0.222 e. The molecule has 0 aliphatic heterocycles. The van der Waals surface area contributed by atoms with Crippen molar-refractivity contribution in [2.45, 2.75) is 77.8 Å². The SMILES string of the molecule is CC/C(=N\C(=N)Nc1ccc(OCCN(C)C)cn1)N(C(C)(C)C)C1(CC)CCC1. The zero-order valence-electron chi connectivity index (χ0n) is 19.9. The van der Waals surface area contributed by atoms with Crippen molar-refractivity contribution in [3.8, 4) is 5.75 Å². The van der Waals surface area contributed by atoms with E-state index in [-0.39, 0.29) is 17.0 Å². The molecule has 1 aliphatic carbocycles. The van der Waals surface area contributed by atoms with Crippen LogP contribution in [0.4, 0.5) is 5.82 Å². The summed E-state index contributed by atoms with van der Waals surface area (Å²) in [6.07, 6.45) is 7.21. The first-order valence-electron chi connectivity index (χ1n) is 11.1. The minimum Gasteiger partial charge on any atom is -0.491 e. The van der Waals surface area contributed by atoms with E-state index in [1.165, 1.54) is 19.3 Å². The molecule has 1 aromatic rings. The van der Waals surface area contributed by atoms with Crippen LogP contribution < -0.4 is 10.1 Å². The van der Waals surface area contributed by atoms with Gasteiger partial charge >= 0.3 is 0 Å². The van der Waals surface area contributed by atoms with Gasteiger partial charge in [0.2, 0.25) is 5.96 Å². The number of hydrogen-bond acceptors (Lipinski definition) is 4. The Morgan fingerprint density at radius 2 is 1.97 bits per heavy atom. The molecule has 168 valence electrons. The van der Waals surface area contributed by atoms with Gasteiger partial charge in [-0.15, -0.1) is 0 Å². The number of guanidine groups is 1. The zero-order chi connectivity index (χ0) is 22.4. The van der Waals surface area contributed by atoms with Gasteiger partial charge in [0.1, 0.15) is 24.0 Å². The topological polar surface area (TPSA) is 76.8 Å². The van der Waals surface area contributed by atoms with Gasteiger partial charge in [-0.05, 0) is 72.7 Å². The highest BCUT2D eigenvalue weighted by Crippen LogP contribution is 2.44. The van der Waals surface area contributed by atoms with E-state index in [0.717, 1.165) is 31.0 Å². The number of rotatable bonds is 8. The Morgan fingerprint density at radius 3 is 2.40 bits per heavy atom. The number of aliphatic imine (C=N–C) groups is 1. The summed E-state index contributed by atoms with van der Waals surface area (Å²) in [6, 6.07) is 3.69. The molecule has 1 aromatic heterocycles. The Labute approximate surface area is 182 Å². The largest absolute Gasteiger partial charge is 0.491 e. The quantitative estimate of drug-likeness (QED) is 0.478. The number of hydrogen-bond donors (Lipinski definition) is 2. The molecule has 1 fully saturated rings. The lowest BCUT2D eigenvalue weighted by molar-refractivity contribution is 0.00999. The predicted molar refractivity (Wildman–Crippen MR) is 126 cm³/mol. The molecule has 2 rings (SSSR count). The number of pyridine rings is 1. The van der Waals surface area contributed by atoms with E-state index in [1.54, 1.807) is 6.20 Å². The summed E-state index contributed by atoms with van der Waals surface area (Å²) in [5.41, 5.74) is 0.118. The summed E-state index contributed by atoms with van der Waals surface area (Å²) in [5, 5.41) is 11.4. The summed E-state index contributed by atoms with van der Waals surface area (Å²) in [5.74, 6) is 2.39. The fourth-order valence-corrected chi connectivity index (χ4v) is 4.14. The molecular formula is C23H40N6O. The van der Waals surface area contributed by atoms with Gasteiger partial charge in [-0.2, -0.15) is 0 Å². The Bertz CT molecular complexity index is 711. The lowest BCUT2D eigenvalue weighted by Gasteiger charge is -2.57. The second kappa shape index (κ2) is 10.2. The van der Waals surface area contributed by atoms with Crippen LogP contribution in [0.2, 0.25) is 0 Å². The van der Waals surface area contributed by atoms with Crippen LogP contribution in [-0.4, -0.2) is 64.9 Å². The van der Waals surface area contributed by atoms with E-state index in [2.05, 4.69) is 59.7 Å². The van der Waals surface area contributed by atoms with Crippen LogP contribution >= 0.6 is 0 Å². The molecule has 2 N–H and O–H groups in total. The van der Waals surface area contributed by atoms with Gasteiger partial charge in [-0.25, -0.2) is 9.98 Å². The number of anilines is 1. The second-order valence-corrected chi connectivity index (χ2v) is 9.32. The Kier molecular flexibility index (Phi) is 8.24. The van der Waals surface area contributed by atoms with Crippen LogP contribution in [0.3, 0.4) is 0 Å². The maximum atomic E-state index is 8.40. The van der Waals surface area contributed by atoms with E-state index >= 15 is 0 Å². The lowest BCUT2D eigenvalue weighted by atomic mass is 9.71. The Morgan fingerprint density at radius 1 is 1.27 bits per heavy atom. The molecule has 0 saturated heterocycles. The summed E-state index contributed by atoms with van der Waals surface area (Å²) in [6.45, 7) is 12.6. The lowest BCUT2D eigenvalue weighted by Crippen LogP contribution is -2.62. The second-order valence-electron chi connectivity index (χ2n) is 9.32. The smallest absolute Gasteiger partial charge is 0.222 e. The minimum atomic E-state index is -0.0463. The molecule has 1 aliphatic rings. The summed E-state index contributed by atoms with van der Waals surface area (Å²) in [4.78, 5) is 13.6. The molecule has 7 nitrogen and oxygen atoms in total. The van der Waals surface area contributed by atoms with Crippen molar-refractivity contribution in [2.24, 2.45) is 4.99 Å². The third kappa shape index (κ3) is 6.17. The number of nitrogens with zero attached hydrogens (tertiary/aromatic N) is 4. The third-order valence-electron chi connectivity index (χ3n) is 5.69. The maximum absolute atomic E-state index is 8.40. The predicted octanol–water partition coefficient (Wildman–Crippen LogP) is 4.61. The summed E-state index contributed by atoms with van der Waals surface area (Å²) < 4.78 is 5.68. The van der Waals surface area contributed by atoms with Crippen molar-refractivity contribution in [1.29, 1.82) is 5.41 Å². The van der Waals surface area contributed by atoms with E-state index in [9.17, 15) is 0 Å². The van der Waals surface area contributed by atoms with Crippen LogP contribution in [0, 0.1) is 5.41 Å². The van der Waals surface area contributed by atoms with Gasteiger partial charge in [0.25, 0.3) is 0 Å². The Balaban J connectivity index is 2.09. The van der Waals surface area contributed by atoms with Crippen molar-refractivity contribution in [1.82, 2.24) is 14.8 Å². The highest BCUT2D eigenvalue weighted by Gasteiger charge is 2.46. The van der Waals surface area contributed by atoms with Crippen LogP contribution in [0.25, 0.3) is 0 Å². The average Bonchev–Trinajstić information content (AvgIpc) is 2.63. The van der Waals surface area contributed by atoms with Gasteiger partial charge in [-0.3, -0.25) is 5.41 Å². The number of aromatic nitrogens is 1. The molecule has 1 heterocycles. The van der Waals surface area contributed by atoms with Crippen LogP contribution in [-0.2, 0) is 0 Å². The molecule has 0 atom stereocenters. The molecule has 0 unspecified atom stereocenters. The minimum absolute atomic E-state index is 0.0463. The molecule has 0 radical (unpaired) electrons. The average molecular weight is 417 g/mol. The van der Waals surface area contributed by atoms with E-state index < -0.39 is 0 Å². The summed E-state index contributed by atoms with van der Waals surface area (Å²) >= 11 is 0. The molecule has 0 bridgehead atoms. The van der Waals surface area contributed by atoms with Crippen molar-refractivity contribution in [2.75, 3.05) is 32.6 Å². The standard InChI is InChI=1S/C23H40N6O/c1-8-20(29(22(3,4)5)23(9-2)13-10-14-23)27-21(24)26-19-12-11-18(17-25-19)30-16-15-28(6)7/h11-12,17H,8-10,13-16H2,1-7H3,(H2,24,25,26)/b27-20+. The van der Waals surface area contributed by atoms with Crippen LogP contribution in [0.5, 0.6) is 5.75 Å². The van der Waals surface area contributed by atoms with Gasteiger partial charge in [0.15, 0.2) is 0 Å². The van der Waals surface area contributed by atoms with Gasteiger partial charge in [0, 0.05) is 24.0 Å². The molecule has 7 heteroatoms. The number of amidine groups is 1. The van der Waals surface area contributed by atoms with Crippen LogP contribution in [0.1, 0.15) is 66.7 Å². The summed E-state index contributed by atoms with van der Waals surface area (Å²) in [7, 11) is 4.03. The number of likely N-dealkylation sites (N-methyl/N-ethyl adjacent to an activating group) is 1. The van der Waals surface area contributed by atoms with Gasteiger partial charge in [0.05, 0.1) is 6.20 Å². The fraction of sp³-hybridized carbons (Fsp3) is 0.696. The van der Waals surface area contributed by atoms with Gasteiger partial charge < -0.3 is 19.9 Å². The van der Waals surface area contributed by atoms with Gasteiger partial charge in [-0.1, -0.05) is 13.8 Å². The molecular weight excluding hydrogens is 376 g/mol. The number of nitrogens with one attached hydrogen (secondary N) is 2. The first-order valence-corrected chi connectivity index (χ1v) is 11.1. The van der Waals surface area contributed by atoms with Crippen molar-refractivity contribution < 1.29 is 4.74 Å². The molecule has 0 amide bonds. The molecule has 0 aromatic carbocycles. The normalized spacial score (nSPS) is 16.2. The third-order valence-corrected chi connectivity index (χ3v) is 5.69. The zero-order valence-corrected chi connectivity index (χ0v) is 19.9. The van der Waals surface area contributed by atoms with Crippen molar-refractivity contribution >= 4 is 17.6 Å². The van der Waals surface area contributed by atoms with E-state index in [4.69, 9.17) is 10.1 Å². The highest BCUT2D eigenvalue weighted by molar-refractivity contribution is 6.01. The fourth-order valence-electron chi connectivity index (χ4n) is 4.14. The molecule has 30 heavy (non-hydrogen) atoms.